The number of aryl methyl sites for hydroxylation is 1. The number of aliphatic hydroxyl groups is 1. The topological polar surface area (TPSA) is 101 Å². The average Bonchev–Trinajstić information content (AvgIpc) is 2.63. The van der Waals surface area contributed by atoms with E-state index in [0.717, 1.165) is 17.5 Å². The van der Waals surface area contributed by atoms with Crippen molar-refractivity contribution < 1.29 is 14.3 Å². The van der Waals surface area contributed by atoms with E-state index in [0.29, 0.717) is 10.5 Å². The lowest BCUT2D eigenvalue weighted by atomic mass is 9.89. The molecule has 140 valence electrons. The molecule has 3 N–H and O–H groups in total. The molecule has 1 atom stereocenters. The Morgan fingerprint density at radius 3 is 2.78 bits per heavy atom. The number of thioether (sulfide) groups is 1. The number of carbonyl (C=O) groups is 1. The number of hydrogen-bond acceptors (Lipinski definition) is 7. The summed E-state index contributed by atoms with van der Waals surface area (Å²) in [5.74, 6) is -0.667. The summed E-state index contributed by atoms with van der Waals surface area (Å²) in [6.45, 7) is 3.30. The third kappa shape index (κ3) is 4.23. The molecule has 1 aliphatic rings. The third-order valence-corrected chi connectivity index (χ3v) is 4.99. The first kappa shape index (κ1) is 19.2. The third-order valence-electron chi connectivity index (χ3n) is 4.18. The Morgan fingerprint density at radius 2 is 2.11 bits per heavy atom. The molecular weight excluding hydrogens is 367 g/mol. The largest absolute Gasteiger partial charge is 0.391 e. The summed E-state index contributed by atoms with van der Waals surface area (Å²) in [7, 11) is 0. The highest BCUT2D eigenvalue weighted by atomic mass is 32.2. The first-order valence-electron chi connectivity index (χ1n) is 8.27. The van der Waals surface area contributed by atoms with E-state index in [2.05, 4.69) is 15.0 Å². The molecule has 8 heteroatoms. The molecule has 2 heterocycles. The predicted molar refractivity (Wildman–Crippen MR) is 103 cm³/mol. The zero-order valence-corrected chi connectivity index (χ0v) is 15.8. The fraction of sp³-hybridized carbons (Fsp3) is 0.263. The zero-order chi connectivity index (χ0) is 19.6. The Labute approximate surface area is 160 Å². The quantitative estimate of drug-likeness (QED) is 0.766. The fourth-order valence-electron chi connectivity index (χ4n) is 2.86. The summed E-state index contributed by atoms with van der Waals surface area (Å²) in [4.78, 5) is 25.5. The molecule has 0 radical (unpaired) electrons. The van der Waals surface area contributed by atoms with Gasteiger partial charge in [-0.3, -0.25) is 9.78 Å². The SMILES string of the molecule is Cc1cnc(C(=O)Cc2ccc(F)c([C@]3(C)C=C(CO)SC(N)=N3)c2)cn1. The van der Waals surface area contributed by atoms with Gasteiger partial charge in [0.2, 0.25) is 0 Å². The number of ketones is 1. The van der Waals surface area contributed by atoms with Gasteiger partial charge in [-0.05, 0) is 37.6 Å². The second kappa shape index (κ2) is 7.58. The zero-order valence-electron chi connectivity index (χ0n) is 14.9. The molecule has 0 unspecified atom stereocenters. The maximum absolute atomic E-state index is 14.5. The van der Waals surface area contributed by atoms with E-state index in [1.807, 2.05) is 0 Å². The lowest BCUT2D eigenvalue weighted by Crippen LogP contribution is -2.27. The monoisotopic (exact) mass is 386 g/mol. The molecule has 1 aromatic carbocycles. The Balaban J connectivity index is 1.93. The number of aromatic nitrogens is 2. The van der Waals surface area contributed by atoms with E-state index in [9.17, 15) is 14.3 Å². The molecule has 0 saturated heterocycles. The van der Waals surface area contributed by atoms with Gasteiger partial charge < -0.3 is 10.8 Å². The molecule has 0 fully saturated rings. The van der Waals surface area contributed by atoms with Crippen LogP contribution >= 0.6 is 11.8 Å². The van der Waals surface area contributed by atoms with Crippen LogP contribution in [0.2, 0.25) is 0 Å². The lowest BCUT2D eigenvalue weighted by molar-refractivity contribution is 0.0987. The van der Waals surface area contributed by atoms with Gasteiger partial charge in [-0.25, -0.2) is 14.4 Å². The van der Waals surface area contributed by atoms with Crippen molar-refractivity contribution >= 4 is 22.7 Å². The van der Waals surface area contributed by atoms with Gasteiger partial charge in [0.15, 0.2) is 11.0 Å². The number of halogens is 1. The number of aliphatic imine (C=N–C) groups is 1. The van der Waals surface area contributed by atoms with Gasteiger partial charge in [0.05, 0.1) is 18.5 Å². The summed E-state index contributed by atoms with van der Waals surface area (Å²) < 4.78 is 14.5. The molecule has 6 nitrogen and oxygen atoms in total. The first-order valence-corrected chi connectivity index (χ1v) is 9.09. The number of rotatable bonds is 5. The van der Waals surface area contributed by atoms with Crippen molar-refractivity contribution in [2.24, 2.45) is 10.7 Å². The van der Waals surface area contributed by atoms with Gasteiger partial charge in [-0.1, -0.05) is 17.8 Å². The van der Waals surface area contributed by atoms with Crippen LogP contribution in [-0.4, -0.2) is 32.6 Å². The standard InChI is InChI=1S/C19H19FN4O2S/c1-11-8-23-16(9-22-11)17(26)6-12-3-4-15(20)14(5-12)19(2)7-13(10-25)27-18(21)24-19/h3-5,7-9,25H,6,10H2,1-2H3,(H2,21,24)/t19-/m0/s1. The van der Waals surface area contributed by atoms with E-state index in [1.54, 1.807) is 32.1 Å². The number of nitrogens with zero attached hydrogens (tertiary/aromatic N) is 3. The van der Waals surface area contributed by atoms with E-state index in [4.69, 9.17) is 5.73 Å². The number of nitrogens with two attached hydrogens (primary N) is 1. The lowest BCUT2D eigenvalue weighted by Gasteiger charge is -2.28. The second-order valence-corrected chi connectivity index (χ2v) is 7.57. The van der Waals surface area contributed by atoms with Crippen LogP contribution in [0.3, 0.4) is 0 Å². The average molecular weight is 386 g/mol. The number of amidine groups is 1. The van der Waals surface area contributed by atoms with Crippen LogP contribution < -0.4 is 5.73 Å². The van der Waals surface area contributed by atoms with Crippen molar-refractivity contribution in [3.05, 3.63) is 69.9 Å². The van der Waals surface area contributed by atoms with Crippen molar-refractivity contribution in [3.63, 3.8) is 0 Å². The fourth-order valence-corrected chi connectivity index (χ4v) is 3.72. The predicted octanol–water partition coefficient (Wildman–Crippen LogP) is 2.50. The molecule has 0 amide bonds. The minimum absolute atomic E-state index is 0.0611. The van der Waals surface area contributed by atoms with Gasteiger partial charge in [0.25, 0.3) is 0 Å². The first-order chi connectivity index (χ1) is 12.8. The van der Waals surface area contributed by atoms with E-state index in [1.165, 1.54) is 18.5 Å². The van der Waals surface area contributed by atoms with Crippen molar-refractivity contribution in [3.8, 4) is 0 Å². The van der Waals surface area contributed by atoms with Gasteiger partial charge in [0.1, 0.15) is 17.1 Å². The van der Waals surface area contributed by atoms with Crippen LogP contribution in [-0.2, 0) is 12.0 Å². The molecule has 0 bridgehead atoms. The number of carbonyl (C=O) groups excluding carboxylic acids is 1. The van der Waals surface area contributed by atoms with E-state index in [-0.39, 0.29) is 35.2 Å². The Morgan fingerprint density at radius 1 is 1.33 bits per heavy atom. The van der Waals surface area contributed by atoms with Crippen LogP contribution in [0.15, 0.2) is 46.6 Å². The Bertz CT molecular complexity index is 943. The summed E-state index contributed by atoms with van der Waals surface area (Å²) in [6, 6.07) is 4.47. The maximum atomic E-state index is 14.5. The summed E-state index contributed by atoms with van der Waals surface area (Å²) >= 11 is 1.15. The molecule has 1 aliphatic heterocycles. The highest BCUT2D eigenvalue weighted by Crippen LogP contribution is 2.37. The molecule has 0 aliphatic carbocycles. The Hall–Kier alpha value is -2.58. The number of aliphatic hydroxyl groups excluding tert-OH is 1. The van der Waals surface area contributed by atoms with Crippen LogP contribution in [0.5, 0.6) is 0 Å². The van der Waals surface area contributed by atoms with Gasteiger partial charge in [0, 0.05) is 23.1 Å². The van der Waals surface area contributed by atoms with E-state index >= 15 is 0 Å². The highest BCUT2D eigenvalue weighted by Gasteiger charge is 2.31. The van der Waals surface area contributed by atoms with Gasteiger partial charge >= 0.3 is 0 Å². The maximum Gasteiger partial charge on any atom is 0.187 e. The molecule has 2 aromatic rings. The summed E-state index contributed by atoms with van der Waals surface area (Å²) in [6.07, 6.45) is 4.71. The number of benzene rings is 1. The molecule has 3 rings (SSSR count). The van der Waals surface area contributed by atoms with Crippen LogP contribution in [0.25, 0.3) is 0 Å². The smallest absolute Gasteiger partial charge is 0.187 e. The number of Topliss-reactive ketones (excluding diaryl/α,β-unsaturated/α-hetero) is 1. The van der Waals surface area contributed by atoms with Crippen molar-refractivity contribution in [1.82, 2.24) is 9.97 Å². The molecule has 0 saturated carbocycles. The second-order valence-electron chi connectivity index (χ2n) is 6.43. The van der Waals surface area contributed by atoms with E-state index < -0.39 is 11.4 Å². The number of hydrogen-bond donors (Lipinski definition) is 2. The van der Waals surface area contributed by atoms with Crippen LogP contribution in [0.4, 0.5) is 4.39 Å². The van der Waals surface area contributed by atoms with Gasteiger partial charge in [-0.15, -0.1) is 0 Å². The molecule has 1 aromatic heterocycles. The Kier molecular flexibility index (Phi) is 5.38. The molecule has 27 heavy (non-hydrogen) atoms. The summed E-state index contributed by atoms with van der Waals surface area (Å²) in [5, 5.41) is 9.68. The van der Waals surface area contributed by atoms with Crippen LogP contribution in [0, 0.1) is 12.7 Å². The summed E-state index contributed by atoms with van der Waals surface area (Å²) in [5.41, 5.74) is 6.69. The molecular formula is C19H19FN4O2S. The van der Waals surface area contributed by atoms with Crippen molar-refractivity contribution in [1.29, 1.82) is 0 Å². The highest BCUT2D eigenvalue weighted by molar-refractivity contribution is 8.17. The van der Waals surface area contributed by atoms with Crippen molar-refractivity contribution in [2.75, 3.05) is 6.61 Å². The molecule has 0 spiro atoms. The van der Waals surface area contributed by atoms with Crippen molar-refractivity contribution in [2.45, 2.75) is 25.8 Å². The van der Waals surface area contributed by atoms with Crippen LogP contribution in [0.1, 0.15) is 34.2 Å². The minimum Gasteiger partial charge on any atom is -0.391 e. The minimum atomic E-state index is -1.06. The normalized spacial score (nSPS) is 19.4. The van der Waals surface area contributed by atoms with Gasteiger partial charge in [-0.2, -0.15) is 0 Å².